The molecule has 0 aliphatic carbocycles. The van der Waals surface area contributed by atoms with Gasteiger partial charge in [0.05, 0.1) is 8.66 Å². The van der Waals surface area contributed by atoms with Crippen molar-refractivity contribution in [2.24, 2.45) is 0 Å². The van der Waals surface area contributed by atoms with Crippen LogP contribution in [0.4, 0.5) is 0 Å². The highest BCUT2D eigenvalue weighted by Crippen LogP contribution is 2.32. The molecule has 0 saturated carbocycles. The lowest BCUT2D eigenvalue weighted by atomic mass is 10.2. The van der Waals surface area contributed by atoms with Gasteiger partial charge in [-0.15, -0.1) is 11.3 Å². The van der Waals surface area contributed by atoms with E-state index in [2.05, 4.69) is 37.2 Å². The van der Waals surface area contributed by atoms with Crippen LogP contribution in [0, 0.1) is 0 Å². The Kier molecular flexibility index (Phi) is 6.49. The van der Waals surface area contributed by atoms with Crippen molar-refractivity contribution >= 4 is 55.0 Å². The summed E-state index contributed by atoms with van der Waals surface area (Å²) in [5.74, 6) is -0.294. The van der Waals surface area contributed by atoms with Crippen LogP contribution in [-0.4, -0.2) is 35.8 Å². The molecule has 1 heterocycles. The molecule has 0 spiro atoms. The summed E-state index contributed by atoms with van der Waals surface area (Å²) in [5, 5.41) is 2.72. The number of hydrogen-bond donors (Lipinski definition) is 1. The normalized spacial score (nSPS) is 12.1. The molecule has 7 heteroatoms. The van der Waals surface area contributed by atoms with Crippen molar-refractivity contribution in [2.45, 2.75) is 26.8 Å². The van der Waals surface area contributed by atoms with E-state index >= 15 is 0 Å². The lowest BCUT2D eigenvalue weighted by Crippen LogP contribution is -2.46. The highest BCUT2D eigenvalue weighted by molar-refractivity contribution is 9.13. The summed E-state index contributed by atoms with van der Waals surface area (Å²) in [6.07, 6.45) is 0. The van der Waals surface area contributed by atoms with Crippen molar-refractivity contribution in [3.63, 3.8) is 0 Å². The fourth-order valence-electron chi connectivity index (χ4n) is 1.60. The van der Waals surface area contributed by atoms with E-state index in [4.69, 9.17) is 0 Å². The third-order valence-corrected chi connectivity index (χ3v) is 5.92. The molecule has 1 rings (SSSR count). The molecule has 1 atom stereocenters. The number of likely N-dealkylation sites (N-methyl/N-ethyl adjacent to an activating group) is 1. The molecule has 19 heavy (non-hydrogen) atoms. The molecule has 1 aromatic heterocycles. The molecular weight excluding hydrogens is 396 g/mol. The second kappa shape index (κ2) is 7.40. The van der Waals surface area contributed by atoms with Crippen LogP contribution in [0.1, 0.15) is 30.4 Å². The number of nitrogens with zero attached hydrogens (tertiary/aromatic N) is 1. The van der Waals surface area contributed by atoms with Gasteiger partial charge in [-0.3, -0.25) is 9.59 Å². The molecule has 0 aliphatic rings. The maximum Gasteiger partial charge on any atom is 0.262 e. The minimum absolute atomic E-state index is 0.0620. The minimum Gasteiger partial charge on any atom is -0.341 e. The smallest absolute Gasteiger partial charge is 0.262 e. The summed E-state index contributed by atoms with van der Waals surface area (Å²) in [6.45, 7) is 6.83. The number of amides is 2. The summed E-state index contributed by atoms with van der Waals surface area (Å²) < 4.78 is 1.70. The summed E-state index contributed by atoms with van der Waals surface area (Å²) in [5.41, 5.74) is 0. The molecule has 1 aromatic rings. The van der Waals surface area contributed by atoms with E-state index in [1.165, 1.54) is 11.3 Å². The van der Waals surface area contributed by atoms with Gasteiger partial charge in [-0.25, -0.2) is 0 Å². The van der Waals surface area contributed by atoms with Gasteiger partial charge in [0.15, 0.2) is 0 Å². The molecule has 2 amide bonds. The van der Waals surface area contributed by atoms with Crippen molar-refractivity contribution in [3.8, 4) is 0 Å². The Hall–Kier alpha value is -0.400. The largest absolute Gasteiger partial charge is 0.341 e. The molecule has 0 saturated heterocycles. The lowest BCUT2D eigenvalue weighted by Gasteiger charge is -2.23. The van der Waals surface area contributed by atoms with Gasteiger partial charge in [0.1, 0.15) is 6.04 Å². The number of carbonyl (C=O) groups is 2. The Bertz CT molecular complexity index is 453. The molecule has 0 aliphatic heterocycles. The summed E-state index contributed by atoms with van der Waals surface area (Å²) in [7, 11) is 0. The quantitative estimate of drug-likeness (QED) is 0.808. The number of nitrogens with one attached hydrogen (secondary N) is 1. The maximum absolute atomic E-state index is 12.0. The monoisotopic (exact) mass is 410 g/mol. The molecule has 1 N–H and O–H groups in total. The molecule has 1 unspecified atom stereocenters. The van der Waals surface area contributed by atoms with Crippen molar-refractivity contribution < 1.29 is 9.59 Å². The van der Waals surface area contributed by atoms with Crippen LogP contribution in [0.3, 0.4) is 0 Å². The zero-order valence-electron chi connectivity index (χ0n) is 11.0. The summed E-state index contributed by atoms with van der Waals surface area (Å²) in [4.78, 5) is 26.3. The van der Waals surface area contributed by atoms with Crippen LogP contribution in [0.2, 0.25) is 0 Å². The predicted molar refractivity (Wildman–Crippen MR) is 84.6 cm³/mol. The van der Waals surface area contributed by atoms with Gasteiger partial charge >= 0.3 is 0 Å². The van der Waals surface area contributed by atoms with E-state index in [-0.39, 0.29) is 11.8 Å². The Morgan fingerprint density at radius 1 is 1.37 bits per heavy atom. The zero-order valence-corrected chi connectivity index (χ0v) is 15.0. The Labute approximate surface area is 133 Å². The van der Waals surface area contributed by atoms with Crippen LogP contribution in [0.5, 0.6) is 0 Å². The summed E-state index contributed by atoms with van der Waals surface area (Å²) in [6, 6.07) is 1.21. The van der Waals surface area contributed by atoms with E-state index in [1.54, 1.807) is 17.9 Å². The first kappa shape index (κ1) is 16.7. The standard InChI is InChI=1S/C12H16Br2N2O2S/c1-4-16(5-2)12(18)7(3)15-11(17)9-6-8(13)10(14)19-9/h6-7H,4-5H2,1-3H3,(H,15,17). The predicted octanol–water partition coefficient (Wildman–Crippen LogP) is 3.26. The van der Waals surface area contributed by atoms with Gasteiger partial charge in [0.2, 0.25) is 5.91 Å². The highest BCUT2D eigenvalue weighted by atomic mass is 79.9. The number of rotatable bonds is 5. The fourth-order valence-corrected chi connectivity index (χ4v) is 3.54. The van der Waals surface area contributed by atoms with Gasteiger partial charge in [0.25, 0.3) is 5.91 Å². The second-order valence-corrected chi connectivity index (χ2v) is 7.16. The maximum atomic E-state index is 12.0. The van der Waals surface area contributed by atoms with Crippen LogP contribution in [-0.2, 0) is 4.79 Å². The Morgan fingerprint density at radius 3 is 2.37 bits per heavy atom. The average Bonchev–Trinajstić information content (AvgIpc) is 2.71. The van der Waals surface area contributed by atoms with Crippen LogP contribution in [0.25, 0.3) is 0 Å². The molecule has 0 radical (unpaired) electrons. The average molecular weight is 412 g/mol. The molecule has 0 bridgehead atoms. The second-order valence-electron chi connectivity index (χ2n) is 3.94. The van der Waals surface area contributed by atoms with Gasteiger partial charge in [-0.2, -0.15) is 0 Å². The lowest BCUT2D eigenvalue weighted by molar-refractivity contribution is -0.132. The summed E-state index contributed by atoms with van der Waals surface area (Å²) >= 11 is 8.00. The van der Waals surface area contributed by atoms with Crippen LogP contribution in [0.15, 0.2) is 14.3 Å². The van der Waals surface area contributed by atoms with Crippen molar-refractivity contribution in [1.82, 2.24) is 10.2 Å². The van der Waals surface area contributed by atoms with Crippen LogP contribution < -0.4 is 5.32 Å². The Morgan fingerprint density at radius 2 is 1.95 bits per heavy atom. The van der Waals surface area contributed by atoms with Gasteiger partial charge in [-0.1, -0.05) is 0 Å². The minimum atomic E-state index is -0.521. The van der Waals surface area contributed by atoms with Crippen molar-refractivity contribution in [2.75, 3.05) is 13.1 Å². The van der Waals surface area contributed by atoms with E-state index in [0.29, 0.717) is 18.0 Å². The fraction of sp³-hybridized carbons (Fsp3) is 0.500. The topological polar surface area (TPSA) is 49.4 Å². The number of thiophene rings is 1. The molecule has 4 nitrogen and oxygen atoms in total. The van der Waals surface area contributed by atoms with E-state index in [9.17, 15) is 9.59 Å². The molecule has 106 valence electrons. The molecule has 0 fully saturated rings. The van der Waals surface area contributed by atoms with E-state index in [1.807, 2.05) is 13.8 Å². The van der Waals surface area contributed by atoms with Crippen LogP contribution >= 0.6 is 43.2 Å². The van der Waals surface area contributed by atoms with Crippen molar-refractivity contribution in [1.29, 1.82) is 0 Å². The first-order valence-corrected chi connectivity index (χ1v) is 8.35. The first-order chi connectivity index (χ1) is 8.90. The number of hydrogen-bond acceptors (Lipinski definition) is 3. The van der Waals surface area contributed by atoms with E-state index < -0.39 is 6.04 Å². The molecule has 0 aromatic carbocycles. The first-order valence-electron chi connectivity index (χ1n) is 5.95. The van der Waals surface area contributed by atoms with Crippen molar-refractivity contribution in [3.05, 3.63) is 19.2 Å². The highest BCUT2D eigenvalue weighted by Gasteiger charge is 2.21. The van der Waals surface area contributed by atoms with E-state index in [0.717, 1.165) is 8.26 Å². The number of carbonyl (C=O) groups excluding carboxylic acids is 2. The Balaban J connectivity index is 2.68. The molecular formula is C12H16Br2N2O2S. The van der Waals surface area contributed by atoms with Gasteiger partial charge in [0, 0.05) is 17.6 Å². The van der Waals surface area contributed by atoms with Gasteiger partial charge in [-0.05, 0) is 58.7 Å². The number of halogens is 2. The zero-order chi connectivity index (χ0) is 14.6. The third kappa shape index (κ3) is 4.29. The third-order valence-electron chi connectivity index (χ3n) is 2.66. The van der Waals surface area contributed by atoms with Gasteiger partial charge < -0.3 is 10.2 Å². The SMILES string of the molecule is CCN(CC)C(=O)C(C)NC(=O)c1cc(Br)c(Br)s1.